The molecule has 0 bridgehead atoms. The number of nitrogens with zero attached hydrogens (tertiary/aromatic N) is 3. The largest absolute Gasteiger partial charge is 0.333 e. The molecule has 1 saturated carbocycles. The zero-order chi connectivity index (χ0) is 13.8. The highest BCUT2D eigenvalue weighted by Crippen LogP contribution is 2.35. The van der Waals surface area contributed by atoms with Gasteiger partial charge in [-0.1, -0.05) is 26.2 Å². The van der Waals surface area contributed by atoms with Gasteiger partial charge < -0.3 is 9.88 Å². The zero-order valence-electron chi connectivity index (χ0n) is 12.8. The van der Waals surface area contributed by atoms with Crippen molar-refractivity contribution >= 4 is 0 Å². The smallest absolute Gasteiger partial charge is 0.0948 e. The monoisotopic (exact) mass is 276 g/mol. The third kappa shape index (κ3) is 2.77. The van der Waals surface area contributed by atoms with Crippen LogP contribution in [0.1, 0.15) is 51.1 Å². The van der Waals surface area contributed by atoms with Crippen LogP contribution in [0.4, 0.5) is 0 Å². The molecule has 112 valence electrons. The molecule has 20 heavy (non-hydrogen) atoms. The summed E-state index contributed by atoms with van der Waals surface area (Å²) in [4.78, 5) is 7.10. The van der Waals surface area contributed by atoms with Crippen LogP contribution in [0.25, 0.3) is 0 Å². The van der Waals surface area contributed by atoms with E-state index < -0.39 is 0 Å². The second-order valence-electron chi connectivity index (χ2n) is 6.46. The van der Waals surface area contributed by atoms with Crippen molar-refractivity contribution in [1.29, 1.82) is 0 Å². The van der Waals surface area contributed by atoms with Crippen molar-refractivity contribution in [3.63, 3.8) is 0 Å². The number of rotatable bonds is 4. The van der Waals surface area contributed by atoms with Crippen LogP contribution in [0.2, 0.25) is 0 Å². The van der Waals surface area contributed by atoms with Gasteiger partial charge in [0.25, 0.3) is 0 Å². The Hall–Kier alpha value is -0.870. The number of hydrogen-bond acceptors (Lipinski definition) is 3. The van der Waals surface area contributed by atoms with Gasteiger partial charge in [-0.25, -0.2) is 4.98 Å². The molecule has 1 spiro atoms. The third-order valence-electron chi connectivity index (χ3n) is 5.08. The van der Waals surface area contributed by atoms with Crippen molar-refractivity contribution in [2.45, 2.75) is 64.1 Å². The van der Waals surface area contributed by atoms with Crippen LogP contribution in [0.3, 0.4) is 0 Å². The molecule has 2 fully saturated rings. The molecule has 1 saturated heterocycles. The summed E-state index contributed by atoms with van der Waals surface area (Å²) in [5.41, 5.74) is 1.80. The summed E-state index contributed by atoms with van der Waals surface area (Å²) in [5.74, 6) is 0. The quantitative estimate of drug-likeness (QED) is 0.917. The molecule has 1 N–H and O–H groups in total. The number of hydrogen-bond donors (Lipinski definition) is 1. The summed E-state index contributed by atoms with van der Waals surface area (Å²) >= 11 is 0. The molecule has 1 aliphatic heterocycles. The van der Waals surface area contributed by atoms with E-state index in [1.54, 1.807) is 0 Å². The molecular weight excluding hydrogens is 248 g/mol. The van der Waals surface area contributed by atoms with Gasteiger partial charge in [-0.2, -0.15) is 0 Å². The summed E-state index contributed by atoms with van der Waals surface area (Å²) in [6, 6.07) is 0. The molecule has 0 aromatic carbocycles. The second-order valence-corrected chi connectivity index (χ2v) is 6.46. The SMILES string of the molecule is CCCn1cncc1CN1CCNCC12CCCCC2. The van der Waals surface area contributed by atoms with E-state index in [1.165, 1.54) is 57.3 Å². The lowest BCUT2D eigenvalue weighted by Gasteiger charge is -2.50. The normalized spacial score (nSPS) is 23.2. The van der Waals surface area contributed by atoms with Gasteiger partial charge >= 0.3 is 0 Å². The number of piperazine rings is 1. The van der Waals surface area contributed by atoms with Crippen LogP contribution in [0, 0.1) is 0 Å². The van der Waals surface area contributed by atoms with Crippen LogP contribution in [-0.4, -0.2) is 39.6 Å². The first kappa shape index (κ1) is 14.1. The molecule has 1 aliphatic carbocycles. The fraction of sp³-hybridized carbons (Fsp3) is 0.812. The second kappa shape index (κ2) is 6.27. The predicted molar refractivity (Wildman–Crippen MR) is 81.6 cm³/mol. The number of aromatic nitrogens is 2. The lowest BCUT2D eigenvalue weighted by atomic mass is 9.79. The highest BCUT2D eigenvalue weighted by Gasteiger charge is 2.39. The lowest BCUT2D eigenvalue weighted by molar-refractivity contribution is 0.0191. The Kier molecular flexibility index (Phi) is 4.41. The molecule has 3 rings (SSSR count). The molecule has 0 radical (unpaired) electrons. The van der Waals surface area contributed by atoms with Crippen LogP contribution in [-0.2, 0) is 13.1 Å². The minimum atomic E-state index is 0.414. The van der Waals surface area contributed by atoms with Gasteiger partial charge in [0.1, 0.15) is 0 Å². The van der Waals surface area contributed by atoms with E-state index in [2.05, 4.69) is 32.9 Å². The Morgan fingerprint density at radius 1 is 1.30 bits per heavy atom. The van der Waals surface area contributed by atoms with E-state index in [4.69, 9.17) is 0 Å². The van der Waals surface area contributed by atoms with Crippen LogP contribution >= 0.6 is 0 Å². The zero-order valence-corrected chi connectivity index (χ0v) is 12.8. The Morgan fingerprint density at radius 3 is 2.95 bits per heavy atom. The van der Waals surface area contributed by atoms with Gasteiger partial charge in [-0.3, -0.25) is 4.90 Å². The lowest BCUT2D eigenvalue weighted by Crippen LogP contribution is -2.61. The Bertz CT molecular complexity index is 412. The first-order valence-electron chi connectivity index (χ1n) is 8.29. The van der Waals surface area contributed by atoms with Gasteiger partial charge in [-0.05, 0) is 19.3 Å². The fourth-order valence-electron chi connectivity index (χ4n) is 3.95. The predicted octanol–water partition coefficient (Wildman–Crippen LogP) is 2.40. The number of imidazole rings is 1. The van der Waals surface area contributed by atoms with Crippen LogP contribution < -0.4 is 5.32 Å². The van der Waals surface area contributed by atoms with Gasteiger partial charge in [0.15, 0.2) is 0 Å². The number of nitrogens with one attached hydrogen (secondary N) is 1. The van der Waals surface area contributed by atoms with Crippen molar-refractivity contribution in [1.82, 2.24) is 19.8 Å². The van der Waals surface area contributed by atoms with Crippen molar-refractivity contribution in [3.05, 3.63) is 18.2 Å². The highest BCUT2D eigenvalue weighted by atomic mass is 15.3. The summed E-state index contributed by atoms with van der Waals surface area (Å²) < 4.78 is 2.33. The van der Waals surface area contributed by atoms with Gasteiger partial charge in [-0.15, -0.1) is 0 Å². The minimum Gasteiger partial charge on any atom is -0.333 e. The summed E-state index contributed by atoms with van der Waals surface area (Å²) in [7, 11) is 0. The van der Waals surface area contributed by atoms with Crippen LogP contribution in [0.15, 0.2) is 12.5 Å². The molecule has 4 heteroatoms. The Morgan fingerprint density at radius 2 is 2.15 bits per heavy atom. The summed E-state index contributed by atoms with van der Waals surface area (Å²) in [6.07, 6.45) is 12.2. The maximum absolute atomic E-state index is 4.36. The number of aryl methyl sites for hydroxylation is 1. The molecule has 4 nitrogen and oxygen atoms in total. The topological polar surface area (TPSA) is 33.1 Å². The molecule has 2 heterocycles. The fourth-order valence-corrected chi connectivity index (χ4v) is 3.95. The van der Waals surface area contributed by atoms with Gasteiger partial charge in [0.2, 0.25) is 0 Å². The van der Waals surface area contributed by atoms with Gasteiger partial charge in [0, 0.05) is 44.5 Å². The highest BCUT2D eigenvalue weighted by molar-refractivity contribution is 5.04. The average molecular weight is 276 g/mol. The molecule has 0 amide bonds. The average Bonchev–Trinajstić information content (AvgIpc) is 2.90. The van der Waals surface area contributed by atoms with Gasteiger partial charge in [0.05, 0.1) is 12.0 Å². The van der Waals surface area contributed by atoms with Crippen molar-refractivity contribution in [3.8, 4) is 0 Å². The van der Waals surface area contributed by atoms with Crippen molar-refractivity contribution in [2.75, 3.05) is 19.6 Å². The maximum Gasteiger partial charge on any atom is 0.0948 e. The van der Waals surface area contributed by atoms with E-state index in [0.29, 0.717) is 5.54 Å². The van der Waals surface area contributed by atoms with Crippen LogP contribution in [0.5, 0.6) is 0 Å². The van der Waals surface area contributed by atoms with E-state index in [0.717, 1.165) is 19.6 Å². The maximum atomic E-state index is 4.36. The van der Waals surface area contributed by atoms with Crippen molar-refractivity contribution in [2.24, 2.45) is 0 Å². The first-order chi connectivity index (χ1) is 9.84. The van der Waals surface area contributed by atoms with E-state index in [9.17, 15) is 0 Å². The molecule has 0 atom stereocenters. The minimum absolute atomic E-state index is 0.414. The first-order valence-corrected chi connectivity index (χ1v) is 8.29. The summed E-state index contributed by atoms with van der Waals surface area (Å²) in [6.45, 7) is 7.88. The molecular formula is C16H28N4. The molecule has 0 unspecified atom stereocenters. The molecule has 1 aromatic heterocycles. The summed E-state index contributed by atoms with van der Waals surface area (Å²) in [5, 5.41) is 3.63. The molecule has 1 aromatic rings. The third-order valence-corrected chi connectivity index (χ3v) is 5.08. The molecule has 2 aliphatic rings. The standard InChI is InChI=1S/C16H28N4/c1-2-9-19-14-18-11-15(19)12-20-10-8-17-13-16(20)6-4-3-5-7-16/h11,14,17H,2-10,12-13H2,1H3. The van der Waals surface area contributed by atoms with E-state index in [-0.39, 0.29) is 0 Å². The van der Waals surface area contributed by atoms with E-state index >= 15 is 0 Å². The Balaban J connectivity index is 1.74. The van der Waals surface area contributed by atoms with E-state index in [1.807, 2.05) is 6.33 Å². The van der Waals surface area contributed by atoms with Crippen molar-refractivity contribution < 1.29 is 0 Å². The Labute approximate surface area is 122 Å².